The van der Waals surface area contributed by atoms with Gasteiger partial charge in [-0.25, -0.2) is 0 Å². The van der Waals surface area contributed by atoms with Crippen molar-refractivity contribution in [2.75, 3.05) is 0 Å². The van der Waals surface area contributed by atoms with Crippen LogP contribution in [0.4, 0.5) is 202 Å². The zero-order chi connectivity index (χ0) is 68.7. The maximum Gasteiger partial charge on any atom is 0.461 e. The molecule has 494 valence electrons. The van der Waals surface area contributed by atoms with E-state index in [0.29, 0.717) is 0 Å². The summed E-state index contributed by atoms with van der Waals surface area (Å²) in [6, 6.07) is -5.42. The number of alkyl halides is 46. The fraction of sp³-hybridized carbons (Fsp3) is 0.629. The first-order chi connectivity index (χ1) is 36.6. The minimum absolute atomic E-state index is 0.484. The van der Waals surface area contributed by atoms with Crippen molar-refractivity contribution in [3.8, 4) is 11.5 Å². The molecule has 2 rings (SSSR count). The van der Waals surface area contributed by atoms with Crippen LogP contribution in [0.15, 0.2) is 53.7 Å². The fourth-order valence-electron chi connectivity index (χ4n) is 5.72. The summed E-state index contributed by atoms with van der Waals surface area (Å²) in [5.41, 5.74) is -4.81. The number of hydrogen-bond donors (Lipinski definition) is 1. The minimum Gasteiger partial charge on any atom is -0.447 e. The molecule has 0 saturated carbocycles. The van der Waals surface area contributed by atoms with Crippen LogP contribution in [0, 0.1) is 0 Å². The Balaban J connectivity index is 2.87. The fourth-order valence-corrected chi connectivity index (χ4v) is 5.72. The first-order valence-corrected chi connectivity index (χ1v) is 19.1. The molecule has 50 heteroatoms. The lowest BCUT2D eigenvalue weighted by atomic mass is 9.85. The van der Waals surface area contributed by atoms with Gasteiger partial charge in [0.05, 0.1) is 0 Å². The third-order valence-corrected chi connectivity index (χ3v) is 10.6. The summed E-state index contributed by atoms with van der Waals surface area (Å²) in [4.78, 5) is 0. The van der Waals surface area contributed by atoms with Gasteiger partial charge in [0.2, 0.25) is 0 Å². The Bertz CT molecular complexity index is 2550. The van der Waals surface area contributed by atoms with Gasteiger partial charge in [0, 0.05) is 11.1 Å². The van der Waals surface area contributed by atoms with Crippen molar-refractivity contribution in [2.24, 2.45) is 5.16 Å². The van der Waals surface area contributed by atoms with Crippen molar-refractivity contribution in [3.63, 3.8) is 0 Å². The van der Waals surface area contributed by atoms with Crippen molar-refractivity contribution < 1.29 is 217 Å². The van der Waals surface area contributed by atoms with E-state index in [-0.39, 0.29) is 0 Å². The third-order valence-electron chi connectivity index (χ3n) is 10.6. The van der Waals surface area contributed by atoms with Crippen molar-refractivity contribution >= 4 is 5.71 Å². The molecule has 0 amide bonds. The monoisotopic (exact) mass is 1360 g/mol. The SMILES string of the molecule is ON=C(c1ccc(OC(F)(C(F)(F)C(F)(F)F)C(F)(F)C(F)(F)C(F)(F)C(F)(F)C(F)(F)C(F)(F)C(F)(F)C(F)(F)F)cc1)c1ccc(OC(F)(C(F)(F)C(F)(F)F)C(F)(F)C(F)(F)C(F)(F)C(F)(F)C(F)(F)C(F)(F)C(F)(F)C(F)(F)F)cc1. The van der Waals surface area contributed by atoms with Crippen molar-refractivity contribution in [2.45, 2.75) is 131 Å². The molecule has 2 atom stereocenters. The molecule has 0 fully saturated rings. The molecule has 0 aliphatic rings. The lowest BCUT2D eigenvalue weighted by Gasteiger charge is -2.46. The van der Waals surface area contributed by atoms with Crippen LogP contribution in [0.25, 0.3) is 0 Å². The van der Waals surface area contributed by atoms with Crippen molar-refractivity contribution in [1.29, 1.82) is 0 Å². The Morgan fingerprint density at radius 2 is 0.376 bits per heavy atom. The molecule has 0 bridgehead atoms. The quantitative estimate of drug-likeness (QED) is 0.0553. The Kier molecular flexibility index (Phi) is 17.9. The molecule has 0 aliphatic carbocycles. The summed E-state index contributed by atoms with van der Waals surface area (Å²) in [6.45, 7) is 0. The zero-order valence-corrected chi connectivity index (χ0v) is 37.2. The molecule has 0 spiro atoms. The largest absolute Gasteiger partial charge is 0.461 e. The average molecular weight is 1370 g/mol. The Morgan fingerprint density at radius 3 is 0.529 bits per heavy atom. The predicted octanol–water partition coefficient (Wildman–Crippen LogP) is 17.4. The lowest BCUT2D eigenvalue weighted by molar-refractivity contribution is -0.486. The van der Waals surface area contributed by atoms with Gasteiger partial charge >= 0.3 is 131 Å². The highest BCUT2D eigenvalue weighted by atomic mass is 19.5. The average Bonchev–Trinajstić information content (AvgIpc) is 0.880. The molecule has 0 heterocycles. The van der Waals surface area contributed by atoms with Crippen LogP contribution >= 0.6 is 0 Å². The van der Waals surface area contributed by atoms with E-state index in [1.54, 1.807) is 0 Å². The van der Waals surface area contributed by atoms with Gasteiger partial charge in [-0.05, 0) is 48.5 Å². The second-order valence-electron chi connectivity index (χ2n) is 16.1. The molecule has 2 unspecified atom stereocenters. The van der Waals surface area contributed by atoms with E-state index in [2.05, 4.69) is 14.6 Å². The molecule has 4 nitrogen and oxygen atoms in total. The molecule has 1 N–H and O–H groups in total. The highest BCUT2D eigenvalue weighted by Gasteiger charge is 3.01. The number of benzene rings is 2. The molecular formula is C35H9F46NO3. The summed E-state index contributed by atoms with van der Waals surface area (Å²) in [6.07, 6.45) is -33.6. The number of rotatable bonds is 22. The lowest BCUT2D eigenvalue weighted by Crippen LogP contribution is -2.79. The summed E-state index contributed by atoms with van der Waals surface area (Å²) in [7, 11) is 0. The summed E-state index contributed by atoms with van der Waals surface area (Å²) in [5, 5.41) is 11.4. The zero-order valence-electron chi connectivity index (χ0n) is 37.2. The van der Waals surface area contributed by atoms with Crippen LogP contribution in [-0.2, 0) is 0 Å². The third kappa shape index (κ3) is 9.92. The summed E-state index contributed by atoms with van der Waals surface area (Å²) in [5.74, 6) is -174. The molecule has 0 aliphatic heterocycles. The Labute approximate surface area is 430 Å². The standard InChI is InChI=1S/C35H9F46NO3/c36-14(37,18(44,45)22(52,53)26(60,61)32(70,71)72)16(40,41)20(48,49)24(56,57)30(68,28(64,65)34(76,77)78)84-11-5-1-9(2-6-11)13(82-83)10-3-7-12(8-4-10)85-31(69,29(66,67)35(79,80)81)25(58,59)21(50,51)17(42,43)15(38,39)19(46,47)23(54,55)27(62,63)33(73,74)75/h1-8,83H. The van der Waals surface area contributed by atoms with E-state index >= 15 is 8.78 Å². The predicted molar refractivity (Wildman–Crippen MR) is 173 cm³/mol. The first-order valence-electron chi connectivity index (χ1n) is 19.1. The molecule has 0 saturated heterocycles. The molecule has 85 heavy (non-hydrogen) atoms. The van der Waals surface area contributed by atoms with E-state index in [1.165, 1.54) is 0 Å². The van der Waals surface area contributed by atoms with Gasteiger partial charge in [-0.2, -0.15) is 202 Å². The highest BCUT2D eigenvalue weighted by Crippen LogP contribution is 2.70. The molecule has 2 aromatic carbocycles. The van der Waals surface area contributed by atoms with Gasteiger partial charge < -0.3 is 14.7 Å². The van der Waals surface area contributed by atoms with Crippen LogP contribution in [0.1, 0.15) is 11.1 Å². The van der Waals surface area contributed by atoms with Crippen LogP contribution in [0.5, 0.6) is 11.5 Å². The topological polar surface area (TPSA) is 51.1 Å². The second-order valence-corrected chi connectivity index (χ2v) is 16.1. The molecule has 0 radical (unpaired) electrons. The highest BCUT2D eigenvalue weighted by molar-refractivity contribution is 6.12. The number of oxime groups is 1. The van der Waals surface area contributed by atoms with Gasteiger partial charge in [0.1, 0.15) is 17.2 Å². The molecular weight excluding hydrogens is 1360 g/mol. The molecule has 0 aromatic heterocycles. The maximum absolute atomic E-state index is 15.5. The van der Waals surface area contributed by atoms with Crippen LogP contribution < -0.4 is 9.47 Å². The van der Waals surface area contributed by atoms with Gasteiger partial charge in [-0.15, -0.1) is 0 Å². The van der Waals surface area contributed by atoms with Gasteiger partial charge in [-0.1, -0.05) is 5.16 Å². The van der Waals surface area contributed by atoms with Crippen LogP contribution in [-0.4, -0.2) is 142 Å². The second kappa shape index (κ2) is 20.2. The smallest absolute Gasteiger partial charge is 0.447 e. The van der Waals surface area contributed by atoms with E-state index in [0.717, 1.165) is 0 Å². The van der Waals surface area contributed by atoms with Crippen molar-refractivity contribution in [3.05, 3.63) is 59.7 Å². The van der Waals surface area contributed by atoms with Gasteiger partial charge in [-0.3, -0.25) is 0 Å². The van der Waals surface area contributed by atoms with Crippen LogP contribution in [0.3, 0.4) is 0 Å². The number of nitrogens with zero attached hydrogens (tertiary/aromatic N) is 1. The van der Waals surface area contributed by atoms with E-state index in [9.17, 15) is 198 Å². The first kappa shape index (κ1) is 75.4. The van der Waals surface area contributed by atoms with Crippen LogP contribution in [0.2, 0.25) is 0 Å². The summed E-state index contributed by atoms with van der Waals surface area (Å²) >= 11 is 0. The van der Waals surface area contributed by atoms with E-state index in [1.807, 2.05) is 0 Å². The number of hydrogen-bond acceptors (Lipinski definition) is 4. The van der Waals surface area contributed by atoms with E-state index < -0.39 is 208 Å². The summed E-state index contributed by atoms with van der Waals surface area (Å²) < 4.78 is 642. The number of ether oxygens (including phenoxy) is 2. The molecule has 2 aromatic rings. The Morgan fingerprint density at radius 1 is 0.224 bits per heavy atom. The van der Waals surface area contributed by atoms with Crippen molar-refractivity contribution in [1.82, 2.24) is 0 Å². The minimum atomic E-state index is -9.82. The maximum atomic E-state index is 15.5. The number of halogens is 46. The Hall–Kier alpha value is -5.71. The normalized spacial score (nSPS) is 17.3. The van der Waals surface area contributed by atoms with E-state index in [4.69, 9.17) is 0 Å². The van der Waals surface area contributed by atoms with Gasteiger partial charge in [0.15, 0.2) is 0 Å². The van der Waals surface area contributed by atoms with Gasteiger partial charge in [0.25, 0.3) is 0 Å².